The number of carbonyl (C=O) groups is 1. The van der Waals surface area contributed by atoms with Gasteiger partial charge in [-0.1, -0.05) is 15.9 Å². The van der Waals surface area contributed by atoms with Crippen LogP contribution in [0.1, 0.15) is 10.6 Å². The lowest BCUT2D eigenvalue weighted by molar-refractivity contribution is 0.101. The molecule has 1 amide bonds. The van der Waals surface area contributed by atoms with Crippen LogP contribution in [0, 0.1) is 0 Å². The van der Waals surface area contributed by atoms with Gasteiger partial charge in [0.05, 0.1) is 7.11 Å². The van der Waals surface area contributed by atoms with E-state index in [0.29, 0.717) is 5.69 Å². The Bertz CT molecular complexity index is 1050. The normalized spacial score (nSPS) is 11.0. The van der Waals surface area contributed by atoms with Crippen LogP contribution in [0.2, 0.25) is 0 Å². The predicted molar refractivity (Wildman–Crippen MR) is 104 cm³/mol. The first-order chi connectivity index (χ1) is 12.9. The number of nitrogens with one attached hydrogen (secondary N) is 3. The lowest BCUT2D eigenvalue weighted by Crippen LogP contribution is -2.16. The minimum atomic E-state index is -3.95. The number of carbonyl (C=O) groups excluding carboxylic acids is 1. The molecule has 0 aliphatic rings. The molecule has 0 spiro atoms. The standard InChI is InChI=1S/C17H15BrN4O4S/c1-26-14-7-6-13(21-17(23)16-19-8-9-20-16)10-15(14)27(24,25)22-12-4-2-11(18)3-5-12/h2-10,22H,1H3,(H,19,20)(H,21,23). The maximum absolute atomic E-state index is 12.8. The van der Waals surface area contributed by atoms with Gasteiger partial charge in [0.15, 0.2) is 5.82 Å². The first kappa shape index (κ1) is 18.9. The number of rotatable bonds is 6. The van der Waals surface area contributed by atoms with Crippen LogP contribution in [0.4, 0.5) is 11.4 Å². The maximum atomic E-state index is 12.8. The molecule has 27 heavy (non-hydrogen) atoms. The van der Waals surface area contributed by atoms with Gasteiger partial charge < -0.3 is 15.0 Å². The molecule has 0 radical (unpaired) electrons. The van der Waals surface area contributed by atoms with Gasteiger partial charge in [0.25, 0.3) is 15.9 Å². The van der Waals surface area contributed by atoms with Crippen molar-refractivity contribution < 1.29 is 17.9 Å². The van der Waals surface area contributed by atoms with Crippen molar-refractivity contribution in [1.82, 2.24) is 9.97 Å². The largest absolute Gasteiger partial charge is 0.495 e. The Kier molecular flexibility index (Phi) is 5.47. The maximum Gasteiger partial charge on any atom is 0.291 e. The van der Waals surface area contributed by atoms with Crippen LogP contribution in [0.25, 0.3) is 0 Å². The second-order valence-electron chi connectivity index (χ2n) is 5.37. The molecule has 0 atom stereocenters. The molecule has 0 unspecified atom stereocenters. The molecule has 3 N–H and O–H groups in total. The number of nitrogens with zero attached hydrogens (tertiary/aromatic N) is 1. The van der Waals surface area contributed by atoms with Crippen LogP contribution in [0.15, 0.2) is 64.2 Å². The van der Waals surface area contributed by atoms with Crippen molar-refractivity contribution in [3.05, 3.63) is 65.2 Å². The van der Waals surface area contributed by atoms with Crippen LogP contribution in [0.5, 0.6) is 5.75 Å². The van der Waals surface area contributed by atoms with Crippen molar-refractivity contribution >= 4 is 43.2 Å². The Morgan fingerprint density at radius 1 is 1.15 bits per heavy atom. The van der Waals surface area contributed by atoms with E-state index < -0.39 is 15.9 Å². The average Bonchev–Trinajstić information content (AvgIpc) is 3.18. The van der Waals surface area contributed by atoms with Crippen molar-refractivity contribution in [2.24, 2.45) is 0 Å². The predicted octanol–water partition coefficient (Wildman–Crippen LogP) is 3.23. The van der Waals surface area contributed by atoms with E-state index in [4.69, 9.17) is 4.74 Å². The third kappa shape index (κ3) is 4.47. The summed E-state index contributed by atoms with van der Waals surface area (Å²) in [5.74, 6) is -0.229. The molecule has 3 rings (SSSR count). The molecule has 2 aromatic carbocycles. The molecule has 1 aromatic heterocycles. The Morgan fingerprint density at radius 3 is 2.48 bits per heavy atom. The van der Waals surface area contributed by atoms with Gasteiger partial charge in [0.2, 0.25) is 0 Å². The lowest BCUT2D eigenvalue weighted by Gasteiger charge is -2.13. The molecule has 0 saturated heterocycles. The molecule has 140 valence electrons. The number of amides is 1. The smallest absolute Gasteiger partial charge is 0.291 e. The van der Waals surface area contributed by atoms with Crippen LogP contribution in [0.3, 0.4) is 0 Å². The topological polar surface area (TPSA) is 113 Å². The summed E-state index contributed by atoms with van der Waals surface area (Å²) < 4.78 is 34.1. The van der Waals surface area contributed by atoms with Gasteiger partial charge >= 0.3 is 0 Å². The molecule has 0 aliphatic carbocycles. The molecule has 10 heteroatoms. The zero-order valence-corrected chi connectivity index (χ0v) is 16.5. The highest BCUT2D eigenvalue weighted by molar-refractivity contribution is 9.10. The molecule has 3 aromatic rings. The van der Waals surface area contributed by atoms with E-state index in [0.717, 1.165) is 4.47 Å². The zero-order valence-electron chi connectivity index (χ0n) is 14.1. The summed E-state index contributed by atoms with van der Waals surface area (Å²) in [6.45, 7) is 0. The van der Waals surface area contributed by atoms with Gasteiger partial charge in [-0.2, -0.15) is 0 Å². The quantitative estimate of drug-likeness (QED) is 0.533. The molecule has 8 nitrogen and oxygen atoms in total. The number of anilines is 2. The third-order valence-electron chi connectivity index (χ3n) is 3.52. The minimum absolute atomic E-state index is 0.106. The number of hydrogen-bond donors (Lipinski definition) is 3. The number of aromatic nitrogens is 2. The molecule has 0 aliphatic heterocycles. The third-order valence-corrected chi connectivity index (χ3v) is 5.45. The van der Waals surface area contributed by atoms with E-state index in [1.54, 1.807) is 30.3 Å². The SMILES string of the molecule is COc1ccc(NC(=O)c2ncc[nH]2)cc1S(=O)(=O)Nc1ccc(Br)cc1. The highest BCUT2D eigenvalue weighted by Gasteiger charge is 2.21. The highest BCUT2D eigenvalue weighted by Crippen LogP contribution is 2.29. The van der Waals surface area contributed by atoms with Gasteiger partial charge in [-0.3, -0.25) is 9.52 Å². The summed E-state index contributed by atoms with van der Waals surface area (Å²) in [7, 11) is -2.58. The molecule has 0 bridgehead atoms. The number of H-pyrrole nitrogens is 1. The number of ether oxygens (including phenoxy) is 1. The van der Waals surface area contributed by atoms with Gasteiger partial charge in [0.1, 0.15) is 10.6 Å². The molecular weight excluding hydrogens is 436 g/mol. The zero-order chi connectivity index (χ0) is 19.4. The second-order valence-corrected chi connectivity index (χ2v) is 7.94. The van der Waals surface area contributed by atoms with E-state index >= 15 is 0 Å². The Balaban J connectivity index is 1.90. The number of methoxy groups -OCH3 is 1. The van der Waals surface area contributed by atoms with Crippen molar-refractivity contribution in [3.8, 4) is 5.75 Å². The summed E-state index contributed by atoms with van der Waals surface area (Å²) in [6, 6.07) is 11.0. The van der Waals surface area contributed by atoms with Gasteiger partial charge in [0, 0.05) is 28.2 Å². The Labute approximate surface area is 164 Å². The van der Waals surface area contributed by atoms with Gasteiger partial charge in [-0.25, -0.2) is 13.4 Å². The number of halogens is 1. The first-order valence-corrected chi connectivity index (χ1v) is 9.94. The first-order valence-electron chi connectivity index (χ1n) is 7.66. The van der Waals surface area contributed by atoms with Crippen molar-refractivity contribution in [3.63, 3.8) is 0 Å². The molecule has 0 saturated carbocycles. The van der Waals surface area contributed by atoms with E-state index in [-0.39, 0.29) is 22.2 Å². The summed E-state index contributed by atoms with van der Waals surface area (Å²) in [6.07, 6.45) is 2.96. The number of hydrogen-bond acceptors (Lipinski definition) is 5. The average molecular weight is 451 g/mol. The summed E-state index contributed by atoms with van der Waals surface area (Å²) in [5.41, 5.74) is 0.679. The van der Waals surface area contributed by atoms with E-state index in [9.17, 15) is 13.2 Å². The molecule has 1 heterocycles. The van der Waals surface area contributed by atoms with E-state index in [2.05, 4.69) is 35.9 Å². The summed E-state index contributed by atoms with van der Waals surface area (Å²) in [4.78, 5) is 18.5. The summed E-state index contributed by atoms with van der Waals surface area (Å²) >= 11 is 3.30. The van der Waals surface area contributed by atoms with Gasteiger partial charge in [-0.05, 0) is 42.5 Å². The van der Waals surface area contributed by atoms with Crippen LogP contribution < -0.4 is 14.8 Å². The number of imidazole rings is 1. The second kappa shape index (κ2) is 7.80. The van der Waals surface area contributed by atoms with Crippen molar-refractivity contribution in [2.75, 3.05) is 17.1 Å². The van der Waals surface area contributed by atoms with Crippen molar-refractivity contribution in [2.45, 2.75) is 4.90 Å². The number of aromatic amines is 1. The fourth-order valence-electron chi connectivity index (χ4n) is 2.27. The number of sulfonamides is 1. The number of benzene rings is 2. The monoisotopic (exact) mass is 450 g/mol. The van der Waals surface area contributed by atoms with Gasteiger partial charge in [-0.15, -0.1) is 0 Å². The fraction of sp³-hybridized carbons (Fsp3) is 0.0588. The van der Waals surface area contributed by atoms with Crippen LogP contribution in [-0.4, -0.2) is 31.4 Å². The van der Waals surface area contributed by atoms with E-state index in [1.807, 2.05) is 0 Å². The fourth-order valence-corrected chi connectivity index (χ4v) is 3.79. The summed E-state index contributed by atoms with van der Waals surface area (Å²) in [5, 5.41) is 2.59. The Morgan fingerprint density at radius 2 is 1.85 bits per heavy atom. The molecule has 0 fully saturated rings. The van der Waals surface area contributed by atoms with Crippen LogP contribution >= 0.6 is 15.9 Å². The van der Waals surface area contributed by atoms with E-state index in [1.165, 1.54) is 31.6 Å². The van der Waals surface area contributed by atoms with Crippen molar-refractivity contribution in [1.29, 1.82) is 0 Å². The van der Waals surface area contributed by atoms with Crippen LogP contribution in [-0.2, 0) is 10.0 Å². The lowest BCUT2D eigenvalue weighted by atomic mass is 10.3. The highest BCUT2D eigenvalue weighted by atomic mass is 79.9. The minimum Gasteiger partial charge on any atom is -0.495 e. The molecular formula is C17H15BrN4O4S. The Hall–Kier alpha value is -2.85.